The van der Waals surface area contributed by atoms with Crippen LogP contribution in [0.1, 0.15) is 10.4 Å². The summed E-state index contributed by atoms with van der Waals surface area (Å²) < 4.78 is 0. The molecule has 0 heterocycles. The van der Waals surface area contributed by atoms with Gasteiger partial charge in [-0.1, -0.05) is 12.1 Å². The fourth-order valence-corrected chi connectivity index (χ4v) is 0.981. The second kappa shape index (κ2) is 3.97. The first-order chi connectivity index (χ1) is 5.75. The molecular weight excluding hydrogens is 176 g/mol. The molecule has 0 saturated heterocycles. The van der Waals surface area contributed by atoms with Crippen molar-refractivity contribution in [1.29, 1.82) is 0 Å². The van der Waals surface area contributed by atoms with E-state index in [1.807, 2.05) is 0 Å². The molecule has 0 aliphatic carbocycles. The highest BCUT2D eigenvalue weighted by atomic mass is 35.5. The van der Waals surface area contributed by atoms with Gasteiger partial charge in [-0.25, -0.2) is 0 Å². The van der Waals surface area contributed by atoms with E-state index >= 15 is 0 Å². The molecule has 0 radical (unpaired) electrons. The van der Waals surface area contributed by atoms with Gasteiger partial charge in [0.15, 0.2) is 0 Å². The average Bonchev–Trinajstić information content (AvgIpc) is 2.05. The number of anilines is 1. The number of para-hydroxylation sites is 1. The Balaban J connectivity index is 2.87. The van der Waals surface area contributed by atoms with Crippen LogP contribution in [-0.4, -0.2) is 11.9 Å². The minimum atomic E-state index is -0.247. The van der Waals surface area contributed by atoms with E-state index in [9.17, 15) is 4.79 Å². The molecule has 64 valence electrons. The number of rotatable bonds is 2. The number of carbonyl (C=O) groups excluding carboxylic acids is 1. The Hall–Kier alpha value is -1.22. The lowest BCUT2D eigenvalue weighted by Crippen LogP contribution is -2.22. The van der Waals surface area contributed by atoms with Crippen molar-refractivity contribution in [2.24, 2.45) is 0 Å². The Labute approximate surface area is 75.5 Å². The summed E-state index contributed by atoms with van der Waals surface area (Å²) in [5, 5.41) is 2.45. The molecule has 1 aromatic carbocycles. The van der Waals surface area contributed by atoms with Crippen LogP contribution in [0.2, 0.25) is 0 Å². The zero-order valence-electron chi connectivity index (χ0n) is 6.38. The van der Waals surface area contributed by atoms with E-state index in [1.54, 1.807) is 24.3 Å². The molecule has 1 rings (SSSR count). The van der Waals surface area contributed by atoms with Crippen LogP contribution in [0.4, 0.5) is 5.69 Å². The number of nitrogens with two attached hydrogens (primary N) is 1. The molecule has 0 atom stereocenters. The van der Waals surface area contributed by atoms with Crippen LogP contribution in [0.15, 0.2) is 24.3 Å². The Morgan fingerprint density at radius 3 is 2.75 bits per heavy atom. The number of halogens is 1. The quantitative estimate of drug-likeness (QED) is 0.412. The van der Waals surface area contributed by atoms with Gasteiger partial charge in [-0.15, -0.1) is 11.6 Å². The number of nitrogen functional groups attached to an aromatic ring is 1. The molecule has 3 N–H and O–H groups in total. The molecule has 0 unspecified atom stereocenters. The third-order valence-corrected chi connectivity index (χ3v) is 1.57. The van der Waals surface area contributed by atoms with Crippen molar-refractivity contribution in [3.8, 4) is 0 Å². The largest absolute Gasteiger partial charge is 0.398 e. The molecule has 4 heteroatoms. The van der Waals surface area contributed by atoms with Crippen LogP contribution in [0.5, 0.6) is 0 Å². The molecule has 1 aromatic rings. The number of carbonyl (C=O) groups is 1. The first kappa shape index (κ1) is 8.87. The van der Waals surface area contributed by atoms with Crippen molar-refractivity contribution in [2.75, 3.05) is 11.7 Å². The Morgan fingerprint density at radius 1 is 1.50 bits per heavy atom. The molecule has 0 aliphatic rings. The summed E-state index contributed by atoms with van der Waals surface area (Å²) in [6.07, 6.45) is 0. The topological polar surface area (TPSA) is 55.1 Å². The minimum Gasteiger partial charge on any atom is -0.398 e. The molecule has 0 aromatic heterocycles. The lowest BCUT2D eigenvalue weighted by Gasteiger charge is -2.03. The van der Waals surface area contributed by atoms with Crippen LogP contribution in [0, 0.1) is 0 Å². The van der Waals surface area contributed by atoms with Gasteiger partial charge in [0, 0.05) is 5.69 Å². The number of alkyl halides is 1. The van der Waals surface area contributed by atoms with Crippen LogP contribution < -0.4 is 11.1 Å². The third kappa shape index (κ3) is 1.89. The summed E-state index contributed by atoms with van der Waals surface area (Å²) in [5.41, 5.74) is 6.46. The van der Waals surface area contributed by atoms with Gasteiger partial charge in [0.1, 0.15) is 0 Å². The van der Waals surface area contributed by atoms with Gasteiger partial charge < -0.3 is 11.1 Å². The lowest BCUT2D eigenvalue weighted by atomic mass is 10.2. The highest BCUT2D eigenvalue weighted by molar-refractivity contribution is 6.19. The van der Waals surface area contributed by atoms with Crippen molar-refractivity contribution in [1.82, 2.24) is 5.32 Å². The van der Waals surface area contributed by atoms with Gasteiger partial charge in [-0.3, -0.25) is 4.79 Å². The number of benzene rings is 1. The molecular formula is C8H9ClN2O. The lowest BCUT2D eigenvalue weighted by molar-refractivity contribution is 0.0961. The normalized spacial score (nSPS) is 9.42. The first-order valence-corrected chi connectivity index (χ1v) is 3.98. The standard InChI is InChI=1S/C8H9ClN2O/c9-5-11-8(12)6-3-1-2-4-7(6)10/h1-4H,5,10H2,(H,11,12). The van der Waals surface area contributed by atoms with Crippen LogP contribution in [-0.2, 0) is 0 Å². The SMILES string of the molecule is Nc1ccccc1C(=O)NCCl. The fourth-order valence-electron chi connectivity index (χ4n) is 0.860. The predicted molar refractivity (Wildman–Crippen MR) is 49.0 cm³/mol. The van der Waals surface area contributed by atoms with E-state index in [0.717, 1.165) is 0 Å². The van der Waals surface area contributed by atoms with Gasteiger partial charge in [-0.05, 0) is 12.1 Å². The highest BCUT2D eigenvalue weighted by Gasteiger charge is 2.06. The number of hydrogen-bond donors (Lipinski definition) is 2. The van der Waals surface area contributed by atoms with Gasteiger partial charge in [-0.2, -0.15) is 0 Å². The molecule has 12 heavy (non-hydrogen) atoms. The molecule has 0 bridgehead atoms. The Kier molecular flexibility index (Phi) is 2.94. The zero-order valence-corrected chi connectivity index (χ0v) is 7.14. The van der Waals surface area contributed by atoms with Crippen molar-refractivity contribution in [3.63, 3.8) is 0 Å². The molecule has 0 aliphatic heterocycles. The maximum Gasteiger partial charge on any atom is 0.254 e. The van der Waals surface area contributed by atoms with Crippen molar-refractivity contribution < 1.29 is 4.79 Å². The van der Waals surface area contributed by atoms with Crippen LogP contribution in [0.25, 0.3) is 0 Å². The van der Waals surface area contributed by atoms with Crippen molar-refractivity contribution in [2.45, 2.75) is 0 Å². The monoisotopic (exact) mass is 184 g/mol. The molecule has 0 fully saturated rings. The first-order valence-electron chi connectivity index (χ1n) is 3.44. The van der Waals surface area contributed by atoms with Crippen LogP contribution in [0.3, 0.4) is 0 Å². The second-order valence-corrected chi connectivity index (χ2v) is 2.49. The Morgan fingerprint density at radius 2 is 2.17 bits per heavy atom. The summed E-state index contributed by atoms with van der Waals surface area (Å²) in [6.45, 7) is 0. The summed E-state index contributed by atoms with van der Waals surface area (Å²) in [6, 6.07) is 6.93. The summed E-state index contributed by atoms with van der Waals surface area (Å²) >= 11 is 5.33. The van der Waals surface area contributed by atoms with E-state index in [0.29, 0.717) is 11.3 Å². The van der Waals surface area contributed by atoms with Gasteiger partial charge >= 0.3 is 0 Å². The molecule has 0 saturated carbocycles. The maximum absolute atomic E-state index is 11.2. The zero-order chi connectivity index (χ0) is 8.97. The molecule has 3 nitrogen and oxygen atoms in total. The Bertz CT molecular complexity index is 288. The molecule has 0 spiro atoms. The summed E-state index contributed by atoms with van der Waals surface area (Å²) in [7, 11) is 0. The highest BCUT2D eigenvalue weighted by Crippen LogP contribution is 2.09. The number of nitrogens with one attached hydrogen (secondary N) is 1. The van der Waals surface area contributed by atoms with Crippen molar-refractivity contribution in [3.05, 3.63) is 29.8 Å². The van der Waals surface area contributed by atoms with Crippen molar-refractivity contribution >= 4 is 23.2 Å². The maximum atomic E-state index is 11.2. The second-order valence-electron chi connectivity index (χ2n) is 2.23. The average molecular weight is 185 g/mol. The van der Waals surface area contributed by atoms with E-state index < -0.39 is 0 Å². The van der Waals surface area contributed by atoms with Crippen LogP contribution >= 0.6 is 11.6 Å². The molecule has 1 amide bonds. The fraction of sp³-hybridized carbons (Fsp3) is 0.125. The number of hydrogen-bond acceptors (Lipinski definition) is 2. The van der Waals surface area contributed by atoms with Gasteiger partial charge in [0.2, 0.25) is 0 Å². The van der Waals surface area contributed by atoms with E-state index in [2.05, 4.69) is 5.32 Å². The smallest absolute Gasteiger partial charge is 0.254 e. The van der Waals surface area contributed by atoms with E-state index in [1.165, 1.54) is 0 Å². The van der Waals surface area contributed by atoms with E-state index in [4.69, 9.17) is 17.3 Å². The van der Waals surface area contributed by atoms with Gasteiger partial charge in [0.25, 0.3) is 5.91 Å². The predicted octanol–water partition coefficient (Wildman–Crippen LogP) is 1.19. The summed E-state index contributed by atoms with van der Waals surface area (Å²) in [4.78, 5) is 11.2. The van der Waals surface area contributed by atoms with E-state index in [-0.39, 0.29) is 11.9 Å². The summed E-state index contributed by atoms with van der Waals surface area (Å²) in [5.74, 6) is -0.247. The van der Waals surface area contributed by atoms with Gasteiger partial charge in [0.05, 0.1) is 11.6 Å². The number of amides is 1. The minimum absolute atomic E-state index is 0.0904. The third-order valence-electron chi connectivity index (χ3n) is 1.43.